The van der Waals surface area contributed by atoms with E-state index in [1.807, 2.05) is 76.3 Å². The van der Waals surface area contributed by atoms with E-state index >= 15 is 0 Å². The molecule has 6 N–H and O–H groups in total. The zero-order valence-electron chi connectivity index (χ0n) is 46.3. The number of benzene rings is 1. The number of halogens is 1. The molecule has 0 spiro atoms. The lowest BCUT2D eigenvalue weighted by molar-refractivity contribution is -0.308. The molecular weight excluding hydrogens is 976 g/mol. The number of carbonyl (C=O) groups excluding carboxylic acids is 1. The van der Waals surface area contributed by atoms with Gasteiger partial charge in [0.15, 0.2) is 12.6 Å². The van der Waals surface area contributed by atoms with Crippen LogP contribution >= 0.6 is 11.3 Å². The maximum Gasteiger partial charge on any atom is 0.311 e. The molecule has 3 saturated heterocycles. The van der Waals surface area contributed by atoms with Gasteiger partial charge in [-0.2, -0.15) is 0 Å². The highest BCUT2D eigenvalue weighted by Gasteiger charge is 2.52. The highest BCUT2D eigenvalue weighted by molar-refractivity contribution is 7.13. The molecule has 2 aromatic rings. The van der Waals surface area contributed by atoms with Crippen LogP contribution in [0.1, 0.15) is 119 Å². The average molecular weight is 1070 g/mol. The molecule has 3 fully saturated rings. The summed E-state index contributed by atoms with van der Waals surface area (Å²) in [6.07, 6.45) is -2.34. The van der Waals surface area contributed by atoms with E-state index in [0.29, 0.717) is 25.9 Å². The number of alkyl halides is 1. The molecule has 0 radical (unpaired) electrons. The van der Waals surface area contributed by atoms with Gasteiger partial charge in [-0.3, -0.25) is 14.8 Å². The van der Waals surface area contributed by atoms with Gasteiger partial charge in [0.1, 0.15) is 42.7 Å². The molecule has 1 aromatic carbocycles. The lowest BCUT2D eigenvalue weighted by atomic mass is 9.77. The molecule has 1 aromatic heterocycles. The van der Waals surface area contributed by atoms with E-state index in [0.717, 1.165) is 28.1 Å². The standard InChI is InChI=1S/C54H89FN6O12S/c1-15-43-54(10,66)48(62)35(6)60(12)28-31(2)24-52(8,65)50(33(4)46(34(5)51(64)71-43)72-45-25-53(9,68-14)49(63)36(7)70-45)73-44-23-40(22-32(3)69-44)59(11)21-20-39-29-61(58-57-39)41(26-55)47(67-13)38-18-16-37(17-19-38)42-27-56-30-74-42/h16-19,27,29-36,40-41,43-50,57-58,62-63,65-66H,15,20-26,28H2,1-14H3/t31-,32-,33+,34-,35-,36+,40+,41-,43-,44+,45+,46+,47-,48-,49+,50-,52-,53-,54-/m1/s1. The van der Waals surface area contributed by atoms with Crippen LogP contribution in [0.4, 0.5) is 4.39 Å². The number of cyclic esters (lactones) is 1. The van der Waals surface area contributed by atoms with Crippen LogP contribution in [0.2, 0.25) is 0 Å². The van der Waals surface area contributed by atoms with Crippen molar-refractivity contribution in [3.63, 3.8) is 0 Å². The van der Waals surface area contributed by atoms with Crippen LogP contribution in [-0.2, 0) is 38.0 Å². The Bertz CT molecular complexity index is 2090. The zero-order chi connectivity index (χ0) is 54.4. The predicted octanol–water partition coefficient (Wildman–Crippen LogP) is 5.71. The lowest BCUT2D eigenvalue weighted by Gasteiger charge is -2.48. The van der Waals surface area contributed by atoms with E-state index in [9.17, 15) is 29.6 Å². The van der Waals surface area contributed by atoms with E-state index in [1.54, 1.807) is 63.6 Å². The Morgan fingerprint density at radius 2 is 1.69 bits per heavy atom. The number of rotatable bonds is 16. The summed E-state index contributed by atoms with van der Waals surface area (Å²) in [6, 6.07) is 6.75. The molecule has 0 aliphatic carbocycles. The molecule has 4 aliphatic rings. The maximum atomic E-state index is 14.9. The highest BCUT2D eigenvalue weighted by Crippen LogP contribution is 2.41. The SMILES string of the molecule is CC[C@H]1OC(=O)[C@H](C)[C@@H](O[C@H]2C[C@@](C)(OC)[C@@H](O)[C@H](C)O2)[C@H](C)[C@@H](O[C@H]2C[C@@H](N(C)CCC3=CN([C@H](CF)[C@H](OC)c4ccc(-c5cncs5)cc4)NN3)C[C@@H](C)O2)[C@](C)(O)C[C@@H](C)CN(C)[C@H](C)[C@@H](O)[C@]1(C)O. The monoisotopic (exact) mass is 1060 g/mol. The first-order chi connectivity index (χ1) is 34.9. The second kappa shape index (κ2) is 25.7. The van der Waals surface area contributed by atoms with E-state index in [4.69, 9.17) is 33.2 Å². The Labute approximate surface area is 443 Å². The van der Waals surface area contributed by atoms with Crippen LogP contribution in [0.15, 0.2) is 47.9 Å². The predicted molar refractivity (Wildman–Crippen MR) is 280 cm³/mol. The molecule has 19 atom stereocenters. The summed E-state index contributed by atoms with van der Waals surface area (Å²) in [5, 5.41) is 49.3. The molecule has 0 saturated carbocycles. The van der Waals surface area contributed by atoms with Crippen LogP contribution in [0.5, 0.6) is 0 Å². The van der Waals surface area contributed by atoms with Crippen molar-refractivity contribution < 1.29 is 62.8 Å². The van der Waals surface area contributed by atoms with Gasteiger partial charge in [-0.05, 0) is 98.9 Å². The molecule has 420 valence electrons. The smallest absolute Gasteiger partial charge is 0.311 e. The summed E-state index contributed by atoms with van der Waals surface area (Å²) >= 11 is 1.56. The fourth-order valence-corrected chi connectivity index (χ4v) is 12.4. The number of aliphatic hydroxyl groups excluding tert-OH is 2. The summed E-state index contributed by atoms with van der Waals surface area (Å²) in [5.41, 5.74) is 6.56. The third-order valence-electron chi connectivity index (χ3n) is 16.5. The van der Waals surface area contributed by atoms with Gasteiger partial charge in [-0.1, -0.05) is 45.0 Å². The lowest BCUT2D eigenvalue weighted by Crippen LogP contribution is -2.59. The first-order valence-electron chi connectivity index (χ1n) is 26.5. The summed E-state index contributed by atoms with van der Waals surface area (Å²) < 4.78 is 59.5. The Hall–Kier alpha value is -2.93. The second-order valence-electron chi connectivity index (χ2n) is 22.5. The van der Waals surface area contributed by atoms with Crippen molar-refractivity contribution in [3.8, 4) is 10.4 Å². The average Bonchev–Trinajstić information content (AvgIpc) is 4.08. The van der Waals surface area contributed by atoms with E-state index in [-0.39, 0.29) is 37.3 Å². The van der Waals surface area contributed by atoms with Gasteiger partial charge < -0.3 is 68.8 Å². The Balaban J connectivity index is 1.23. The van der Waals surface area contributed by atoms with Crippen LogP contribution in [0.3, 0.4) is 0 Å². The molecule has 20 heteroatoms. The van der Waals surface area contributed by atoms with Crippen LogP contribution in [0, 0.1) is 17.8 Å². The van der Waals surface area contributed by atoms with Gasteiger partial charge in [0, 0.05) is 82.7 Å². The summed E-state index contributed by atoms with van der Waals surface area (Å²) in [6.45, 7) is 18.4. The first-order valence-corrected chi connectivity index (χ1v) is 27.4. The number of esters is 1. The number of ether oxygens (including phenoxy) is 7. The van der Waals surface area contributed by atoms with E-state index in [2.05, 4.69) is 27.9 Å². The minimum absolute atomic E-state index is 0.0113. The molecule has 74 heavy (non-hydrogen) atoms. The number of hydrogen-bond acceptors (Lipinski definition) is 19. The van der Waals surface area contributed by atoms with Gasteiger partial charge >= 0.3 is 5.97 Å². The van der Waals surface area contributed by atoms with E-state index < -0.39 is 109 Å². The first kappa shape index (κ1) is 60.3. The zero-order valence-corrected chi connectivity index (χ0v) is 47.1. The van der Waals surface area contributed by atoms with Crippen molar-refractivity contribution in [1.29, 1.82) is 0 Å². The number of methoxy groups -OCH3 is 2. The largest absolute Gasteiger partial charge is 0.459 e. The molecule has 4 aliphatic heterocycles. The number of nitrogens with zero attached hydrogens (tertiary/aromatic N) is 4. The van der Waals surface area contributed by atoms with Crippen molar-refractivity contribution in [3.05, 3.63) is 53.4 Å². The van der Waals surface area contributed by atoms with Crippen molar-refractivity contribution in [1.82, 2.24) is 30.8 Å². The molecule has 6 rings (SSSR count). The summed E-state index contributed by atoms with van der Waals surface area (Å²) in [4.78, 5) is 24.0. The number of hydrogen-bond donors (Lipinski definition) is 6. The maximum absolute atomic E-state index is 14.9. The number of aliphatic hydroxyl groups is 4. The number of thiazole rings is 1. The third kappa shape index (κ3) is 14.0. The molecular formula is C54H89FN6O12S. The van der Waals surface area contributed by atoms with Crippen LogP contribution in [0.25, 0.3) is 10.4 Å². The Morgan fingerprint density at radius 1 is 0.986 bits per heavy atom. The quantitative estimate of drug-likeness (QED) is 0.111. The molecule has 0 bridgehead atoms. The summed E-state index contributed by atoms with van der Waals surface area (Å²) in [7, 11) is 7.04. The van der Waals surface area contributed by atoms with Gasteiger partial charge in [-0.15, -0.1) is 16.9 Å². The van der Waals surface area contributed by atoms with Gasteiger partial charge in [0.05, 0.1) is 51.9 Å². The minimum atomic E-state index is -1.82. The number of hydrazine groups is 2. The molecule has 18 nitrogen and oxygen atoms in total. The fourth-order valence-electron chi connectivity index (χ4n) is 11.8. The number of likely N-dealkylation sites (N-methyl/N-ethyl adjacent to an activating group) is 1. The Kier molecular flexibility index (Phi) is 20.9. The normalized spacial score (nSPS) is 39.2. The third-order valence-corrected chi connectivity index (χ3v) is 17.3. The number of carbonyl (C=O) groups is 1. The van der Waals surface area contributed by atoms with E-state index in [1.165, 1.54) is 14.0 Å². The fraction of sp³-hybridized carbons (Fsp3) is 0.778. The topological polar surface area (TPSA) is 209 Å². The number of aromatic nitrogens is 1. The number of nitrogens with one attached hydrogen (secondary N) is 2. The summed E-state index contributed by atoms with van der Waals surface area (Å²) in [5.74, 6) is -2.54. The van der Waals surface area contributed by atoms with Crippen molar-refractivity contribution in [2.75, 3.05) is 48.1 Å². The van der Waals surface area contributed by atoms with Gasteiger partial charge in [-0.25, -0.2) is 4.39 Å². The van der Waals surface area contributed by atoms with Crippen molar-refractivity contribution in [2.24, 2.45) is 17.8 Å². The molecule has 0 amide bonds. The highest BCUT2D eigenvalue weighted by atomic mass is 32.1. The Morgan fingerprint density at radius 3 is 2.31 bits per heavy atom. The van der Waals surface area contributed by atoms with Crippen molar-refractivity contribution >= 4 is 17.3 Å². The van der Waals surface area contributed by atoms with Crippen LogP contribution < -0.4 is 11.0 Å². The minimum Gasteiger partial charge on any atom is -0.459 e. The van der Waals surface area contributed by atoms with Gasteiger partial charge in [0.25, 0.3) is 0 Å². The van der Waals surface area contributed by atoms with Crippen LogP contribution in [-0.4, -0.2) is 185 Å². The molecule has 0 unspecified atom stereocenters. The van der Waals surface area contributed by atoms with Crippen molar-refractivity contribution in [2.45, 2.75) is 204 Å². The second-order valence-corrected chi connectivity index (χ2v) is 23.4. The molecule has 5 heterocycles. The van der Waals surface area contributed by atoms with Gasteiger partial charge in [0.2, 0.25) is 0 Å².